The van der Waals surface area contributed by atoms with E-state index in [2.05, 4.69) is 34.6 Å². The SMILES string of the molecule is CN(C)C1(CNC(=O)Nc2cccc3cnccc23)CCOCC1. The standard InChI is InChI=1S/C18H24N4O2/c1-22(2)18(7-10-24-11-8-18)13-20-17(23)21-16-5-3-4-14-12-19-9-6-15(14)16/h3-6,9,12H,7-8,10-11,13H2,1-2H3,(H2,20,21,23). The van der Waals surface area contributed by atoms with Crippen LogP contribution in [0.2, 0.25) is 0 Å². The van der Waals surface area contributed by atoms with Gasteiger partial charge in [-0.05, 0) is 39.1 Å². The van der Waals surface area contributed by atoms with E-state index in [0.29, 0.717) is 6.54 Å². The van der Waals surface area contributed by atoms with E-state index in [9.17, 15) is 4.79 Å². The molecule has 2 aromatic rings. The number of fused-ring (bicyclic) bond motifs is 1. The summed E-state index contributed by atoms with van der Waals surface area (Å²) in [5.41, 5.74) is 0.747. The van der Waals surface area contributed by atoms with Gasteiger partial charge < -0.3 is 20.3 Å². The maximum Gasteiger partial charge on any atom is 0.319 e. The number of urea groups is 1. The minimum absolute atomic E-state index is 0.0434. The number of hydrogen-bond donors (Lipinski definition) is 2. The molecule has 0 spiro atoms. The average molecular weight is 328 g/mol. The minimum atomic E-state index is -0.188. The van der Waals surface area contributed by atoms with Crippen LogP contribution < -0.4 is 10.6 Å². The van der Waals surface area contributed by atoms with Crippen molar-refractivity contribution in [2.75, 3.05) is 39.2 Å². The van der Waals surface area contributed by atoms with Crippen LogP contribution in [-0.4, -0.2) is 55.3 Å². The number of hydrogen-bond acceptors (Lipinski definition) is 4. The quantitative estimate of drug-likeness (QED) is 0.905. The number of nitrogens with zero attached hydrogens (tertiary/aromatic N) is 2. The van der Waals surface area contributed by atoms with Crippen LogP contribution in [0.5, 0.6) is 0 Å². The highest BCUT2D eigenvalue weighted by molar-refractivity contribution is 6.01. The molecule has 2 N–H and O–H groups in total. The molecular formula is C18H24N4O2. The van der Waals surface area contributed by atoms with Crippen LogP contribution in [-0.2, 0) is 4.74 Å². The highest BCUT2D eigenvalue weighted by Crippen LogP contribution is 2.25. The zero-order chi connectivity index (χ0) is 17.0. The average Bonchev–Trinajstić information content (AvgIpc) is 2.61. The van der Waals surface area contributed by atoms with Crippen molar-refractivity contribution in [3.05, 3.63) is 36.7 Å². The van der Waals surface area contributed by atoms with Gasteiger partial charge in [-0.15, -0.1) is 0 Å². The Labute approximate surface area is 142 Å². The molecule has 1 aromatic carbocycles. The molecule has 1 aromatic heterocycles. The molecule has 0 saturated carbocycles. The number of likely N-dealkylation sites (N-methyl/N-ethyl adjacent to an activating group) is 1. The third-order valence-electron chi connectivity index (χ3n) is 4.88. The molecule has 3 rings (SSSR count). The van der Waals surface area contributed by atoms with E-state index in [-0.39, 0.29) is 11.6 Å². The van der Waals surface area contributed by atoms with Gasteiger partial charge in [0.05, 0.1) is 5.69 Å². The fourth-order valence-electron chi connectivity index (χ4n) is 3.18. The Morgan fingerprint density at radius 1 is 1.29 bits per heavy atom. The molecule has 128 valence electrons. The molecule has 0 unspecified atom stereocenters. The van der Waals surface area contributed by atoms with Crippen molar-refractivity contribution in [3.8, 4) is 0 Å². The van der Waals surface area contributed by atoms with Crippen LogP contribution in [0.15, 0.2) is 36.7 Å². The molecule has 1 aliphatic rings. The Bertz CT molecular complexity index is 706. The van der Waals surface area contributed by atoms with Gasteiger partial charge in [0.15, 0.2) is 0 Å². The summed E-state index contributed by atoms with van der Waals surface area (Å²) in [4.78, 5) is 18.7. The first-order chi connectivity index (χ1) is 11.6. The second-order valence-electron chi connectivity index (χ2n) is 6.44. The summed E-state index contributed by atoms with van der Waals surface area (Å²) in [7, 11) is 4.12. The van der Waals surface area contributed by atoms with Gasteiger partial charge in [0.25, 0.3) is 0 Å². The van der Waals surface area contributed by atoms with Crippen molar-refractivity contribution >= 4 is 22.5 Å². The first-order valence-corrected chi connectivity index (χ1v) is 8.23. The fraction of sp³-hybridized carbons (Fsp3) is 0.444. The Kier molecular flexibility index (Phi) is 4.97. The summed E-state index contributed by atoms with van der Waals surface area (Å²) in [6.45, 7) is 2.07. The molecule has 2 amide bonds. The third-order valence-corrected chi connectivity index (χ3v) is 4.88. The predicted molar refractivity (Wildman–Crippen MR) is 95.2 cm³/mol. The molecular weight excluding hydrogens is 304 g/mol. The summed E-state index contributed by atoms with van der Waals surface area (Å²) in [6.07, 6.45) is 5.36. The van der Waals surface area contributed by atoms with E-state index in [1.807, 2.05) is 24.3 Å². The lowest BCUT2D eigenvalue weighted by Gasteiger charge is -2.42. The second-order valence-corrected chi connectivity index (χ2v) is 6.44. The fourth-order valence-corrected chi connectivity index (χ4v) is 3.18. The van der Waals surface area contributed by atoms with Crippen molar-refractivity contribution < 1.29 is 9.53 Å². The number of carbonyl (C=O) groups excluding carboxylic acids is 1. The van der Waals surface area contributed by atoms with Crippen molar-refractivity contribution in [1.29, 1.82) is 0 Å². The number of benzene rings is 1. The maximum atomic E-state index is 12.4. The van der Waals surface area contributed by atoms with E-state index < -0.39 is 0 Å². The van der Waals surface area contributed by atoms with Crippen LogP contribution in [0, 0.1) is 0 Å². The smallest absolute Gasteiger partial charge is 0.319 e. The first-order valence-electron chi connectivity index (χ1n) is 8.23. The predicted octanol–water partition coefficient (Wildman–Crippen LogP) is 2.47. The van der Waals surface area contributed by atoms with Crippen LogP contribution >= 0.6 is 0 Å². The number of carbonyl (C=O) groups is 1. The van der Waals surface area contributed by atoms with E-state index in [4.69, 9.17) is 4.74 Å². The van der Waals surface area contributed by atoms with Crippen LogP contribution in [0.1, 0.15) is 12.8 Å². The number of pyridine rings is 1. The van der Waals surface area contributed by atoms with Crippen molar-refractivity contribution in [2.45, 2.75) is 18.4 Å². The van der Waals surface area contributed by atoms with Crippen LogP contribution in [0.4, 0.5) is 10.5 Å². The molecule has 0 radical (unpaired) electrons. The number of nitrogens with one attached hydrogen (secondary N) is 2. The molecule has 0 bridgehead atoms. The lowest BCUT2D eigenvalue weighted by molar-refractivity contribution is -0.00553. The van der Waals surface area contributed by atoms with Gasteiger partial charge in [-0.3, -0.25) is 4.98 Å². The Morgan fingerprint density at radius 2 is 2.08 bits per heavy atom. The zero-order valence-corrected chi connectivity index (χ0v) is 14.2. The molecule has 24 heavy (non-hydrogen) atoms. The van der Waals surface area contributed by atoms with E-state index in [1.165, 1.54) is 0 Å². The number of amides is 2. The van der Waals surface area contributed by atoms with Crippen LogP contribution in [0.25, 0.3) is 10.8 Å². The molecule has 1 saturated heterocycles. The molecule has 0 aliphatic carbocycles. The van der Waals surface area contributed by atoms with Gasteiger partial charge in [-0.2, -0.15) is 0 Å². The van der Waals surface area contributed by atoms with Crippen molar-refractivity contribution in [2.24, 2.45) is 0 Å². The summed E-state index contributed by atoms with van der Waals surface area (Å²) in [5.74, 6) is 0. The van der Waals surface area contributed by atoms with E-state index >= 15 is 0 Å². The van der Waals surface area contributed by atoms with E-state index in [0.717, 1.165) is 42.5 Å². The monoisotopic (exact) mass is 328 g/mol. The zero-order valence-electron chi connectivity index (χ0n) is 14.2. The van der Waals surface area contributed by atoms with E-state index in [1.54, 1.807) is 12.4 Å². The maximum absolute atomic E-state index is 12.4. The van der Waals surface area contributed by atoms with Gasteiger partial charge >= 0.3 is 6.03 Å². The molecule has 1 aliphatic heterocycles. The highest BCUT2D eigenvalue weighted by atomic mass is 16.5. The number of anilines is 1. The third kappa shape index (κ3) is 3.49. The molecule has 1 fully saturated rings. The minimum Gasteiger partial charge on any atom is -0.381 e. The largest absolute Gasteiger partial charge is 0.381 e. The molecule has 6 heteroatoms. The molecule has 0 atom stereocenters. The number of aromatic nitrogens is 1. The normalized spacial score (nSPS) is 17.0. The van der Waals surface area contributed by atoms with Gasteiger partial charge in [0.2, 0.25) is 0 Å². The van der Waals surface area contributed by atoms with Gasteiger partial charge in [-0.1, -0.05) is 12.1 Å². The first kappa shape index (κ1) is 16.7. The van der Waals surface area contributed by atoms with Crippen molar-refractivity contribution in [1.82, 2.24) is 15.2 Å². The second kappa shape index (κ2) is 7.15. The van der Waals surface area contributed by atoms with Crippen LogP contribution in [0.3, 0.4) is 0 Å². The summed E-state index contributed by atoms with van der Waals surface area (Å²) >= 11 is 0. The van der Waals surface area contributed by atoms with Crippen molar-refractivity contribution in [3.63, 3.8) is 0 Å². The summed E-state index contributed by atoms with van der Waals surface area (Å²) < 4.78 is 5.46. The summed E-state index contributed by atoms with van der Waals surface area (Å²) in [5, 5.41) is 7.96. The topological polar surface area (TPSA) is 66.5 Å². The number of ether oxygens (including phenoxy) is 1. The molecule has 6 nitrogen and oxygen atoms in total. The number of rotatable bonds is 4. The summed E-state index contributed by atoms with van der Waals surface area (Å²) in [6, 6.07) is 7.52. The Balaban J connectivity index is 1.67. The van der Waals surface area contributed by atoms with Gasteiger partial charge in [-0.25, -0.2) is 4.79 Å². The molecule has 2 heterocycles. The van der Waals surface area contributed by atoms with Gasteiger partial charge in [0.1, 0.15) is 0 Å². The Hall–Kier alpha value is -2.18. The highest BCUT2D eigenvalue weighted by Gasteiger charge is 2.35. The van der Waals surface area contributed by atoms with Gasteiger partial charge in [0, 0.05) is 48.5 Å². The Morgan fingerprint density at radius 3 is 2.83 bits per heavy atom. The lowest BCUT2D eigenvalue weighted by Crippen LogP contribution is -2.56. The lowest BCUT2D eigenvalue weighted by atomic mass is 9.88.